The SMILES string of the molecule is CCOc1cccc(NCCCCC(C)(C)/C(N)=N/O)c1. The van der Waals surface area contributed by atoms with Crippen LogP contribution in [0.3, 0.4) is 0 Å². The Hall–Kier alpha value is -1.91. The number of hydrogen-bond acceptors (Lipinski definition) is 4. The first kappa shape index (κ1) is 17.1. The molecule has 0 spiro atoms. The topological polar surface area (TPSA) is 79.9 Å². The Balaban J connectivity index is 2.30. The number of ether oxygens (including phenoxy) is 1. The molecule has 0 saturated carbocycles. The second-order valence-corrected chi connectivity index (χ2v) is 5.71. The van der Waals surface area contributed by atoms with E-state index in [-0.39, 0.29) is 5.41 Å². The second kappa shape index (κ2) is 8.39. The quantitative estimate of drug-likeness (QED) is 0.214. The van der Waals surface area contributed by atoms with Crippen molar-refractivity contribution < 1.29 is 9.94 Å². The third kappa shape index (κ3) is 5.94. The minimum absolute atomic E-state index is 0.260. The van der Waals surface area contributed by atoms with Gasteiger partial charge in [0.05, 0.1) is 6.61 Å². The number of oxime groups is 1. The average Bonchev–Trinajstić information content (AvgIpc) is 2.46. The van der Waals surface area contributed by atoms with E-state index in [2.05, 4.69) is 10.5 Å². The molecule has 0 saturated heterocycles. The number of nitrogens with one attached hydrogen (secondary N) is 1. The van der Waals surface area contributed by atoms with Crippen LogP contribution in [0.2, 0.25) is 0 Å². The van der Waals surface area contributed by atoms with Gasteiger partial charge in [-0.3, -0.25) is 0 Å². The van der Waals surface area contributed by atoms with E-state index in [4.69, 9.17) is 15.7 Å². The molecule has 5 nitrogen and oxygen atoms in total. The Morgan fingerprint density at radius 1 is 1.38 bits per heavy atom. The number of unbranched alkanes of at least 4 members (excludes halogenated alkanes) is 1. The Morgan fingerprint density at radius 2 is 2.14 bits per heavy atom. The Morgan fingerprint density at radius 3 is 2.81 bits per heavy atom. The summed E-state index contributed by atoms with van der Waals surface area (Å²) < 4.78 is 5.47. The van der Waals surface area contributed by atoms with Crippen molar-refractivity contribution in [2.45, 2.75) is 40.0 Å². The maximum Gasteiger partial charge on any atom is 0.144 e. The summed E-state index contributed by atoms with van der Waals surface area (Å²) in [6, 6.07) is 7.97. The molecule has 0 aliphatic carbocycles. The highest BCUT2D eigenvalue weighted by atomic mass is 16.5. The molecule has 0 bridgehead atoms. The van der Waals surface area contributed by atoms with E-state index in [1.165, 1.54) is 0 Å². The van der Waals surface area contributed by atoms with Crippen LogP contribution >= 0.6 is 0 Å². The molecule has 1 aromatic carbocycles. The van der Waals surface area contributed by atoms with Gasteiger partial charge >= 0.3 is 0 Å². The maximum absolute atomic E-state index is 8.73. The summed E-state index contributed by atoms with van der Waals surface area (Å²) in [5, 5.41) is 15.2. The van der Waals surface area contributed by atoms with E-state index in [1.54, 1.807) is 0 Å². The highest BCUT2D eigenvalue weighted by Crippen LogP contribution is 2.23. The van der Waals surface area contributed by atoms with E-state index in [1.807, 2.05) is 45.0 Å². The summed E-state index contributed by atoms with van der Waals surface area (Å²) >= 11 is 0. The van der Waals surface area contributed by atoms with Crippen LogP contribution < -0.4 is 15.8 Å². The molecule has 0 amide bonds. The first-order chi connectivity index (χ1) is 9.99. The number of amidine groups is 1. The van der Waals surface area contributed by atoms with Gasteiger partial charge in [0.2, 0.25) is 0 Å². The number of rotatable bonds is 9. The third-order valence-electron chi connectivity index (χ3n) is 3.50. The molecule has 0 atom stereocenters. The molecule has 118 valence electrons. The molecule has 0 heterocycles. The van der Waals surface area contributed by atoms with Gasteiger partial charge in [0, 0.05) is 23.7 Å². The Kier molecular flexibility index (Phi) is 6.85. The molecule has 0 unspecified atom stereocenters. The molecule has 4 N–H and O–H groups in total. The van der Waals surface area contributed by atoms with E-state index in [0.717, 1.165) is 37.2 Å². The first-order valence-corrected chi connectivity index (χ1v) is 7.44. The van der Waals surface area contributed by atoms with E-state index >= 15 is 0 Å². The van der Waals surface area contributed by atoms with Gasteiger partial charge in [-0.15, -0.1) is 0 Å². The number of hydrogen-bond donors (Lipinski definition) is 3. The van der Waals surface area contributed by atoms with Crippen molar-refractivity contribution in [1.82, 2.24) is 0 Å². The normalized spacial score (nSPS) is 12.2. The van der Waals surface area contributed by atoms with Crippen LogP contribution in [0.15, 0.2) is 29.4 Å². The van der Waals surface area contributed by atoms with Crippen LogP contribution in [-0.4, -0.2) is 24.2 Å². The average molecular weight is 293 g/mol. The number of nitrogens with zero attached hydrogens (tertiary/aromatic N) is 1. The minimum atomic E-state index is -0.260. The van der Waals surface area contributed by atoms with Gasteiger partial charge in [0.1, 0.15) is 11.6 Å². The monoisotopic (exact) mass is 293 g/mol. The molecule has 5 heteroatoms. The fourth-order valence-corrected chi connectivity index (χ4v) is 2.05. The smallest absolute Gasteiger partial charge is 0.144 e. The molecule has 21 heavy (non-hydrogen) atoms. The highest BCUT2D eigenvalue weighted by Gasteiger charge is 2.22. The van der Waals surface area contributed by atoms with Crippen LogP contribution in [-0.2, 0) is 0 Å². The van der Waals surface area contributed by atoms with Gasteiger partial charge in [-0.05, 0) is 31.9 Å². The lowest BCUT2D eigenvalue weighted by Gasteiger charge is -2.22. The van der Waals surface area contributed by atoms with Crippen molar-refractivity contribution in [3.63, 3.8) is 0 Å². The molecule has 1 rings (SSSR count). The zero-order valence-electron chi connectivity index (χ0n) is 13.2. The van der Waals surface area contributed by atoms with E-state index < -0.39 is 0 Å². The van der Waals surface area contributed by atoms with Gasteiger partial charge in [0.25, 0.3) is 0 Å². The maximum atomic E-state index is 8.73. The van der Waals surface area contributed by atoms with Crippen molar-refractivity contribution in [3.8, 4) is 5.75 Å². The molecule has 0 aliphatic heterocycles. The molecular formula is C16H27N3O2. The number of nitrogens with two attached hydrogens (primary N) is 1. The first-order valence-electron chi connectivity index (χ1n) is 7.44. The largest absolute Gasteiger partial charge is 0.494 e. The molecule has 0 fully saturated rings. The van der Waals surface area contributed by atoms with Crippen LogP contribution in [0.5, 0.6) is 5.75 Å². The number of anilines is 1. The molecular weight excluding hydrogens is 266 g/mol. The van der Waals surface area contributed by atoms with Crippen molar-refractivity contribution in [2.75, 3.05) is 18.5 Å². The van der Waals surface area contributed by atoms with Crippen LogP contribution in [0.25, 0.3) is 0 Å². The molecule has 0 aromatic heterocycles. The van der Waals surface area contributed by atoms with Gasteiger partial charge in [-0.25, -0.2) is 0 Å². The predicted octanol–water partition coefficient (Wildman–Crippen LogP) is 3.44. The summed E-state index contributed by atoms with van der Waals surface area (Å²) in [5.74, 6) is 1.18. The summed E-state index contributed by atoms with van der Waals surface area (Å²) in [7, 11) is 0. The van der Waals surface area contributed by atoms with Gasteiger partial charge in [0.15, 0.2) is 0 Å². The van der Waals surface area contributed by atoms with E-state index in [0.29, 0.717) is 12.4 Å². The summed E-state index contributed by atoms with van der Waals surface area (Å²) in [6.45, 7) is 7.51. The number of benzene rings is 1. The molecule has 1 aromatic rings. The third-order valence-corrected chi connectivity index (χ3v) is 3.50. The molecule has 0 radical (unpaired) electrons. The van der Waals surface area contributed by atoms with Crippen LogP contribution in [0.4, 0.5) is 5.69 Å². The van der Waals surface area contributed by atoms with Crippen molar-refractivity contribution in [3.05, 3.63) is 24.3 Å². The zero-order chi connectivity index (χ0) is 15.7. The van der Waals surface area contributed by atoms with Gasteiger partial charge in [-0.1, -0.05) is 31.5 Å². The fraction of sp³-hybridized carbons (Fsp3) is 0.562. The van der Waals surface area contributed by atoms with Crippen LogP contribution in [0.1, 0.15) is 40.0 Å². The van der Waals surface area contributed by atoms with Crippen molar-refractivity contribution >= 4 is 11.5 Å². The highest BCUT2D eigenvalue weighted by molar-refractivity contribution is 5.85. The Bertz CT molecular complexity index is 459. The lowest BCUT2D eigenvalue weighted by molar-refractivity contribution is 0.304. The summed E-state index contributed by atoms with van der Waals surface area (Å²) in [4.78, 5) is 0. The zero-order valence-corrected chi connectivity index (χ0v) is 13.2. The second-order valence-electron chi connectivity index (χ2n) is 5.71. The lowest BCUT2D eigenvalue weighted by Crippen LogP contribution is -2.31. The van der Waals surface area contributed by atoms with Crippen molar-refractivity contribution in [1.29, 1.82) is 0 Å². The van der Waals surface area contributed by atoms with Gasteiger partial charge in [-0.2, -0.15) is 0 Å². The van der Waals surface area contributed by atoms with Crippen molar-refractivity contribution in [2.24, 2.45) is 16.3 Å². The fourth-order valence-electron chi connectivity index (χ4n) is 2.05. The standard InChI is InChI=1S/C16H27N3O2/c1-4-21-14-9-7-8-13(12-14)18-11-6-5-10-16(2,3)15(17)19-20/h7-9,12,18,20H,4-6,10-11H2,1-3H3,(H2,17,19). The summed E-state index contributed by atoms with van der Waals surface area (Å²) in [6.07, 6.45) is 2.94. The predicted molar refractivity (Wildman–Crippen MR) is 87.1 cm³/mol. The summed E-state index contributed by atoms with van der Waals surface area (Å²) in [5.41, 5.74) is 6.48. The van der Waals surface area contributed by atoms with E-state index in [9.17, 15) is 0 Å². The lowest BCUT2D eigenvalue weighted by atomic mass is 9.86. The Labute approximate surface area is 127 Å². The van der Waals surface area contributed by atoms with Gasteiger partial charge < -0.3 is 21.0 Å². The molecule has 0 aliphatic rings. The van der Waals surface area contributed by atoms with Crippen LogP contribution in [0, 0.1) is 5.41 Å². The minimum Gasteiger partial charge on any atom is -0.494 e.